The summed E-state index contributed by atoms with van der Waals surface area (Å²) < 4.78 is 0. The van der Waals surface area contributed by atoms with Crippen LogP contribution in [-0.2, 0) is 6.54 Å². The van der Waals surface area contributed by atoms with Crippen LogP contribution in [-0.4, -0.2) is 22.0 Å². The summed E-state index contributed by atoms with van der Waals surface area (Å²) in [5.74, 6) is 0.615. The summed E-state index contributed by atoms with van der Waals surface area (Å²) in [5, 5.41) is 0. The monoisotopic (exact) mass is 258 g/mol. The molecule has 1 heterocycles. The number of hydrogen-bond acceptors (Lipinski definition) is 4. The van der Waals surface area contributed by atoms with Gasteiger partial charge in [0.05, 0.1) is 0 Å². The van der Waals surface area contributed by atoms with E-state index < -0.39 is 0 Å². The second-order valence-corrected chi connectivity index (χ2v) is 4.39. The van der Waals surface area contributed by atoms with E-state index in [2.05, 4.69) is 22.1 Å². The molecule has 0 saturated carbocycles. The minimum Gasteiger partial charge on any atom is -0.388 e. The third-order valence-corrected chi connectivity index (χ3v) is 2.71. The van der Waals surface area contributed by atoms with Crippen LogP contribution in [0.15, 0.2) is 42.6 Å². The van der Waals surface area contributed by atoms with Gasteiger partial charge in [0.1, 0.15) is 10.7 Å². The summed E-state index contributed by atoms with van der Waals surface area (Å²) in [4.78, 5) is 10.8. The molecule has 18 heavy (non-hydrogen) atoms. The molecule has 0 amide bonds. The Morgan fingerprint density at radius 1 is 1.28 bits per heavy atom. The maximum absolute atomic E-state index is 5.56. The highest BCUT2D eigenvalue weighted by Crippen LogP contribution is 2.10. The fourth-order valence-corrected chi connectivity index (χ4v) is 1.71. The zero-order valence-corrected chi connectivity index (χ0v) is 10.9. The highest BCUT2D eigenvalue weighted by molar-refractivity contribution is 7.80. The Hall–Kier alpha value is -2.01. The van der Waals surface area contributed by atoms with Gasteiger partial charge in [-0.15, -0.1) is 0 Å². The van der Waals surface area contributed by atoms with Gasteiger partial charge in [-0.2, -0.15) is 0 Å². The smallest absolute Gasteiger partial charge is 0.225 e. The molecule has 0 spiro atoms. The molecule has 4 nitrogen and oxygen atoms in total. The molecule has 5 heteroatoms. The van der Waals surface area contributed by atoms with Crippen LogP contribution in [0.2, 0.25) is 0 Å². The lowest BCUT2D eigenvalue weighted by molar-refractivity contribution is 0.865. The van der Waals surface area contributed by atoms with E-state index >= 15 is 0 Å². The number of nitrogens with two attached hydrogens (primary N) is 1. The van der Waals surface area contributed by atoms with E-state index in [-0.39, 0.29) is 4.99 Å². The largest absolute Gasteiger partial charge is 0.388 e. The summed E-state index contributed by atoms with van der Waals surface area (Å²) >= 11 is 4.91. The van der Waals surface area contributed by atoms with E-state index in [1.165, 1.54) is 5.56 Å². The molecule has 0 aliphatic carbocycles. The summed E-state index contributed by atoms with van der Waals surface area (Å²) in [6.45, 7) is 0.738. The first kappa shape index (κ1) is 12.4. The minimum atomic E-state index is 0.284. The van der Waals surface area contributed by atoms with Crippen molar-refractivity contribution in [3.63, 3.8) is 0 Å². The van der Waals surface area contributed by atoms with Crippen molar-refractivity contribution in [1.29, 1.82) is 0 Å². The molecule has 92 valence electrons. The zero-order valence-electron chi connectivity index (χ0n) is 10.1. The first-order valence-corrected chi connectivity index (χ1v) is 5.95. The van der Waals surface area contributed by atoms with Crippen molar-refractivity contribution < 1.29 is 0 Å². The lowest BCUT2D eigenvalue weighted by atomic mass is 10.2. The number of anilines is 1. The number of aromatic nitrogens is 2. The Morgan fingerprint density at radius 2 is 2.00 bits per heavy atom. The third kappa shape index (κ3) is 3.01. The van der Waals surface area contributed by atoms with Crippen molar-refractivity contribution in [1.82, 2.24) is 9.97 Å². The van der Waals surface area contributed by atoms with Crippen LogP contribution in [0.4, 0.5) is 5.95 Å². The number of benzene rings is 1. The Kier molecular flexibility index (Phi) is 3.84. The molecule has 2 aromatic rings. The molecule has 1 aromatic carbocycles. The van der Waals surface area contributed by atoms with E-state index in [0.29, 0.717) is 11.6 Å². The van der Waals surface area contributed by atoms with Crippen molar-refractivity contribution in [2.45, 2.75) is 6.54 Å². The minimum absolute atomic E-state index is 0.284. The van der Waals surface area contributed by atoms with Gasteiger partial charge in [-0.1, -0.05) is 42.5 Å². The standard InChI is InChI=1S/C13H14N4S/c1-17(9-10-5-3-2-4-6-10)13-15-8-7-11(16-13)12(14)18/h2-8H,9H2,1H3,(H2,14,18). The molecule has 0 atom stereocenters. The molecule has 0 bridgehead atoms. The fraction of sp³-hybridized carbons (Fsp3) is 0.154. The highest BCUT2D eigenvalue weighted by Gasteiger charge is 2.07. The van der Waals surface area contributed by atoms with Crippen LogP contribution in [0, 0.1) is 0 Å². The van der Waals surface area contributed by atoms with Crippen molar-refractivity contribution in [2.75, 3.05) is 11.9 Å². The maximum Gasteiger partial charge on any atom is 0.225 e. The van der Waals surface area contributed by atoms with Gasteiger partial charge in [0.25, 0.3) is 0 Å². The zero-order chi connectivity index (χ0) is 13.0. The summed E-state index contributed by atoms with van der Waals surface area (Å²) in [6, 6.07) is 11.8. The maximum atomic E-state index is 5.56. The van der Waals surface area contributed by atoms with E-state index in [0.717, 1.165) is 6.54 Å². The van der Waals surface area contributed by atoms with Crippen LogP contribution >= 0.6 is 12.2 Å². The van der Waals surface area contributed by atoms with Crippen LogP contribution in [0.25, 0.3) is 0 Å². The summed E-state index contributed by atoms with van der Waals surface area (Å²) in [5.41, 5.74) is 7.35. The van der Waals surface area contributed by atoms with Gasteiger partial charge >= 0.3 is 0 Å². The molecule has 1 aromatic heterocycles. The van der Waals surface area contributed by atoms with E-state index in [9.17, 15) is 0 Å². The van der Waals surface area contributed by atoms with E-state index in [1.54, 1.807) is 12.3 Å². The first-order chi connectivity index (χ1) is 8.66. The number of hydrogen-bond donors (Lipinski definition) is 1. The molecule has 0 radical (unpaired) electrons. The molecular formula is C13H14N4S. The van der Waals surface area contributed by atoms with Crippen molar-refractivity contribution in [3.05, 3.63) is 53.9 Å². The van der Waals surface area contributed by atoms with Crippen LogP contribution < -0.4 is 10.6 Å². The Bertz CT molecular complexity index is 542. The SMILES string of the molecule is CN(Cc1ccccc1)c1nccc(C(N)=S)n1. The predicted molar refractivity (Wildman–Crippen MR) is 76.5 cm³/mol. The molecule has 0 saturated heterocycles. The quantitative estimate of drug-likeness (QED) is 0.847. The molecule has 0 fully saturated rings. The van der Waals surface area contributed by atoms with Gasteiger partial charge < -0.3 is 10.6 Å². The lowest BCUT2D eigenvalue weighted by Crippen LogP contribution is -2.21. The number of rotatable bonds is 4. The van der Waals surface area contributed by atoms with Gasteiger partial charge in [-0.05, 0) is 11.6 Å². The van der Waals surface area contributed by atoms with Gasteiger partial charge in [-0.3, -0.25) is 0 Å². The summed E-state index contributed by atoms with van der Waals surface area (Å²) in [6.07, 6.45) is 1.66. The predicted octanol–water partition coefficient (Wildman–Crippen LogP) is 1.75. The average molecular weight is 258 g/mol. The van der Waals surface area contributed by atoms with Crippen LogP contribution in [0.1, 0.15) is 11.3 Å². The normalized spacial score (nSPS) is 10.1. The lowest BCUT2D eigenvalue weighted by Gasteiger charge is -2.17. The Labute approximate surface area is 111 Å². The van der Waals surface area contributed by atoms with Gasteiger partial charge in [0.2, 0.25) is 5.95 Å². The second kappa shape index (κ2) is 5.55. The van der Waals surface area contributed by atoms with Crippen molar-refractivity contribution in [3.8, 4) is 0 Å². The molecule has 2 rings (SSSR count). The number of thiocarbonyl (C=S) groups is 1. The van der Waals surface area contributed by atoms with E-state index in [1.807, 2.05) is 30.1 Å². The first-order valence-electron chi connectivity index (χ1n) is 5.55. The van der Waals surface area contributed by atoms with E-state index in [4.69, 9.17) is 18.0 Å². The van der Waals surface area contributed by atoms with Crippen molar-refractivity contribution >= 4 is 23.2 Å². The van der Waals surface area contributed by atoms with Crippen LogP contribution in [0.3, 0.4) is 0 Å². The highest BCUT2D eigenvalue weighted by atomic mass is 32.1. The Morgan fingerprint density at radius 3 is 2.67 bits per heavy atom. The fourth-order valence-electron chi connectivity index (χ4n) is 1.60. The van der Waals surface area contributed by atoms with Crippen LogP contribution in [0.5, 0.6) is 0 Å². The van der Waals surface area contributed by atoms with Gasteiger partial charge in [0.15, 0.2) is 0 Å². The molecule has 0 aliphatic heterocycles. The Balaban J connectivity index is 2.16. The molecule has 0 unspecified atom stereocenters. The summed E-state index contributed by atoms with van der Waals surface area (Å²) in [7, 11) is 1.94. The third-order valence-electron chi connectivity index (χ3n) is 2.50. The molecule has 0 aliphatic rings. The van der Waals surface area contributed by atoms with Crippen molar-refractivity contribution in [2.24, 2.45) is 5.73 Å². The van der Waals surface area contributed by atoms with Gasteiger partial charge in [0, 0.05) is 19.8 Å². The van der Waals surface area contributed by atoms with Gasteiger partial charge in [-0.25, -0.2) is 9.97 Å². The molecular weight excluding hydrogens is 244 g/mol. The topological polar surface area (TPSA) is 55.0 Å². The number of nitrogens with zero attached hydrogens (tertiary/aromatic N) is 3. The molecule has 2 N–H and O–H groups in total. The second-order valence-electron chi connectivity index (χ2n) is 3.95. The average Bonchev–Trinajstić information content (AvgIpc) is 2.40.